The maximum Gasteiger partial charge on any atom is 0.252 e. The van der Waals surface area contributed by atoms with Crippen molar-refractivity contribution in [1.82, 2.24) is 20.3 Å². The number of aryl methyl sites for hydroxylation is 2. The first-order chi connectivity index (χ1) is 13.0. The highest BCUT2D eigenvalue weighted by Crippen LogP contribution is 2.32. The molecule has 0 saturated carbocycles. The molecule has 27 heavy (non-hydrogen) atoms. The Morgan fingerprint density at radius 3 is 2.74 bits per heavy atom. The number of nitrogens with one attached hydrogen (secondary N) is 2. The van der Waals surface area contributed by atoms with Crippen molar-refractivity contribution in [3.8, 4) is 22.6 Å². The van der Waals surface area contributed by atoms with Gasteiger partial charge in [-0.1, -0.05) is 0 Å². The average molecular weight is 364 g/mol. The third kappa shape index (κ3) is 3.01. The number of rotatable bonds is 4. The van der Waals surface area contributed by atoms with Gasteiger partial charge in [-0.05, 0) is 60.4 Å². The standard InChI is InChI=1S/C20H20N4O3/c1-10-11(2)24-19(23-10)16-7-12(3-4-21-16)13-5-14-8-22-20(27)18(14)15(6-13)17(26)9-25/h3-7,17,25-26H,8-9H2,1-2H3,(H,22,27)(H,23,24). The van der Waals surface area contributed by atoms with Gasteiger partial charge in [0.25, 0.3) is 5.91 Å². The molecule has 0 saturated heterocycles. The van der Waals surface area contributed by atoms with Gasteiger partial charge in [-0.15, -0.1) is 0 Å². The van der Waals surface area contributed by atoms with Crippen molar-refractivity contribution in [3.05, 3.63) is 58.5 Å². The van der Waals surface area contributed by atoms with E-state index in [4.69, 9.17) is 0 Å². The van der Waals surface area contributed by atoms with Crippen molar-refractivity contribution >= 4 is 5.91 Å². The molecule has 3 heterocycles. The minimum absolute atomic E-state index is 0.226. The largest absolute Gasteiger partial charge is 0.393 e. The van der Waals surface area contributed by atoms with Crippen LogP contribution in [0.25, 0.3) is 22.6 Å². The number of H-pyrrole nitrogens is 1. The zero-order chi connectivity index (χ0) is 19.1. The van der Waals surface area contributed by atoms with Crippen LogP contribution in [0.15, 0.2) is 30.5 Å². The fraction of sp³-hybridized carbons (Fsp3) is 0.250. The summed E-state index contributed by atoms with van der Waals surface area (Å²) >= 11 is 0. The van der Waals surface area contributed by atoms with Crippen molar-refractivity contribution in [3.63, 3.8) is 0 Å². The van der Waals surface area contributed by atoms with Gasteiger partial charge in [0.15, 0.2) is 5.82 Å². The number of aromatic amines is 1. The van der Waals surface area contributed by atoms with Gasteiger partial charge in [-0.3, -0.25) is 9.78 Å². The van der Waals surface area contributed by atoms with Crippen molar-refractivity contribution in [1.29, 1.82) is 0 Å². The van der Waals surface area contributed by atoms with Gasteiger partial charge >= 0.3 is 0 Å². The van der Waals surface area contributed by atoms with Gasteiger partial charge in [-0.25, -0.2) is 4.98 Å². The first kappa shape index (κ1) is 17.4. The summed E-state index contributed by atoms with van der Waals surface area (Å²) < 4.78 is 0. The lowest BCUT2D eigenvalue weighted by Gasteiger charge is -2.14. The lowest BCUT2D eigenvalue weighted by molar-refractivity contribution is 0.0896. The molecule has 1 aromatic carbocycles. The Morgan fingerprint density at radius 1 is 1.22 bits per heavy atom. The van der Waals surface area contributed by atoms with E-state index in [-0.39, 0.29) is 5.91 Å². The predicted octanol–water partition coefficient (Wildman–Crippen LogP) is 2.02. The molecule has 1 atom stereocenters. The van der Waals surface area contributed by atoms with Crippen molar-refractivity contribution in [2.24, 2.45) is 0 Å². The first-order valence-electron chi connectivity index (χ1n) is 8.72. The number of carbonyl (C=O) groups is 1. The summed E-state index contributed by atoms with van der Waals surface area (Å²) in [5.41, 5.74) is 6.05. The predicted molar refractivity (Wildman–Crippen MR) is 99.9 cm³/mol. The minimum Gasteiger partial charge on any atom is -0.393 e. The summed E-state index contributed by atoms with van der Waals surface area (Å²) in [6, 6.07) is 7.47. The molecule has 138 valence electrons. The van der Waals surface area contributed by atoms with E-state index in [0.29, 0.717) is 29.2 Å². The summed E-state index contributed by atoms with van der Waals surface area (Å²) in [6.07, 6.45) is 0.593. The second-order valence-electron chi connectivity index (χ2n) is 6.71. The molecule has 2 aromatic heterocycles. The van der Waals surface area contributed by atoms with Crippen LogP contribution in [-0.4, -0.2) is 37.7 Å². The van der Waals surface area contributed by atoms with E-state index in [1.807, 2.05) is 32.0 Å². The number of pyridine rings is 1. The number of hydrogen-bond donors (Lipinski definition) is 4. The minimum atomic E-state index is -1.11. The lowest BCUT2D eigenvalue weighted by atomic mass is 9.93. The Hall–Kier alpha value is -3.03. The maximum absolute atomic E-state index is 12.1. The molecule has 3 aromatic rings. The number of carbonyl (C=O) groups excluding carboxylic acids is 1. The molecule has 7 nitrogen and oxygen atoms in total. The number of imidazole rings is 1. The van der Waals surface area contributed by atoms with Gasteiger partial charge in [0.1, 0.15) is 11.8 Å². The van der Waals surface area contributed by atoms with Crippen LogP contribution in [0.5, 0.6) is 0 Å². The Morgan fingerprint density at radius 2 is 2.04 bits per heavy atom. The number of fused-ring (bicyclic) bond motifs is 1. The van der Waals surface area contributed by atoms with Gasteiger partial charge in [0.05, 0.1) is 17.9 Å². The lowest BCUT2D eigenvalue weighted by Crippen LogP contribution is -2.15. The van der Waals surface area contributed by atoms with Crippen LogP contribution < -0.4 is 5.32 Å². The summed E-state index contributed by atoms with van der Waals surface area (Å²) in [5.74, 6) is 0.469. The molecule has 7 heteroatoms. The van der Waals surface area contributed by atoms with E-state index in [1.165, 1.54) is 0 Å². The molecule has 1 aliphatic heterocycles. The number of aliphatic hydroxyl groups is 2. The summed E-state index contributed by atoms with van der Waals surface area (Å²) in [5, 5.41) is 22.3. The van der Waals surface area contributed by atoms with Crippen LogP contribution in [0.4, 0.5) is 0 Å². The quantitative estimate of drug-likeness (QED) is 0.566. The van der Waals surface area contributed by atoms with Gasteiger partial charge in [0.2, 0.25) is 0 Å². The fourth-order valence-electron chi connectivity index (χ4n) is 3.34. The SMILES string of the molecule is Cc1nc(-c2cc(-c3cc4c(c(C(O)CO)c3)C(=O)NC4)ccn2)[nH]c1C. The highest BCUT2D eigenvalue weighted by molar-refractivity contribution is 6.00. The van der Waals surface area contributed by atoms with Crippen LogP contribution >= 0.6 is 0 Å². The third-order valence-corrected chi connectivity index (χ3v) is 4.91. The van der Waals surface area contributed by atoms with Gasteiger partial charge < -0.3 is 20.5 Å². The zero-order valence-electron chi connectivity index (χ0n) is 15.1. The van der Waals surface area contributed by atoms with E-state index in [2.05, 4.69) is 20.3 Å². The van der Waals surface area contributed by atoms with E-state index in [0.717, 1.165) is 28.1 Å². The van der Waals surface area contributed by atoms with Gasteiger partial charge in [0, 0.05) is 18.4 Å². The highest BCUT2D eigenvalue weighted by Gasteiger charge is 2.26. The Labute approximate surface area is 156 Å². The molecule has 1 amide bonds. The third-order valence-electron chi connectivity index (χ3n) is 4.91. The molecule has 4 N–H and O–H groups in total. The molecule has 0 fully saturated rings. The molecule has 0 radical (unpaired) electrons. The molecular weight excluding hydrogens is 344 g/mol. The average Bonchev–Trinajstić information content (AvgIpc) is 3.23. The smallest absolute Gasteiger partial charge is 0.252 e. The Balaban J connectivity index is 1.82. The Kier molecular flexibility index (Phi) is 4.25. The van der Waals surface area contributed by atoms with Crippen LogP contribution in [0.1, 0.15) is 39.0 Å². The molecule has 0 aliphatic carbocycles. The fourth-order valence-corrected chi connectivity index (χ4v) is 3.34. The normalized spacial score (nSPS) is 14.1. The second-order valence-corrected chi connectivity index (χ2v) is 6.71. The highest BCUT2D eigenvalue weighted by atomic mass is 16.3. The molecule has 0 bridgehead atoms. The summed E-state index contributed by atoms with van der Waals surface area (Å²) in [7, 11) is 0. The molecule has 1 unspecified atom stereocenters. The molecule has 4 rings (SSSR count). The first-order valence-corrected chi connectivity index (χ1v) is 8.72. The van der Waals surface area contributed by atoms with Crippen LogP contribution in [0.3, 0.4) is 0 Å². The number of nitrogens with zero attached hydrogens (tertiary/aromatic N) is 2. The number of hydrogen-bond acceptors (Lipinski definition) is 5. The molecule has 0 spiro atoms. The van der Waals surface area contributed by atoms with E-state index in [9.17, 15) is 15.0 Å². The van der Waals surface area contributed by atoms with Crippen LogP contribution in [0, 0.1) is 13.8 Å². The summed E-state index contributed by atoms with van der Waals surface area (Å²) in [4.78, 5) is 24.2. The number of aliphatic hydroxyl groups excluding tert-OH is 2. The van der Waals surface area contributed by atoms with E-state index < -0.39 is 12.7 Å². The van der Waals surface area contributed by atoms with E-state index >= 15 is 0 Å². The second kappa shape index (κ2) is 6.61. The zero-order valence-corrected chi connectivity index (χ0v) is 15.1. The van der Waals surface area contributed by atoms with Crippen molar-refractivity contribution in [2.45, 2.75) is 26.5 Å². The Bertz CT molecular complexity index is 1020. The van der Waals surface area contributed by atoms with Crippen molar-refractivity contribution < 1.29 is 15.0 Å². The topological polar surface area (TPSA) is 111 Å². The number of benzene rings is 1. The van der Waals surface area contributed by atoms with E-state index in [1.54, 1.807) is 12.3 Å². The molecule has 1 aliphatic rings. The monoisotopic (exact) mass is 364 g/mol. The maximum atomic E-state index is 12.1. The number of aromatic nitrogens is 3. The van der Waals surface area contributed by atoms with Crippen molar-refractivity contribution in [2.75, 3.05) is 6.61 Å². The van der Waals surface area contributed by atoms with Crippen LogP contribution in [-0.2, 0) is 6.54 Å². The van der Waals surface area contributed by atoms with Gasteiger partial charge in [-0.2, -0.15) is 0 Å². The van der Waals surface area contributed by atoms with Crippen LogP contribution in [0.2, 0.25) is 0 Å². The molecular formula is C20H20N4O3. The number of amides is 1. The summed E-state index contributed by atoms with van der Waals surface area (Å²) in [6.45, 7) is 3.85.